The lowest BCUT2D eigenvalue weighted by atomic mass is 10.0. The van der Waals surface area contributed by atoms with Crippen molar-refractivity contribution < 1.29 is 14.3 Å². The van der Waals surface area contributed by atoms with Crippen LogP contribution in [0, 0.1) is 0 Å². The van der Waals surface area contributed by atoms with Gasteiger partial charge in [-0.05, 0) is 56.9 Å². The van der Waals surface area contributed by atoms with Gasteiger partial charge in [-0.15, -0.1) is 11.3 Å². The SMILES string of the molecule is COc1cc(-c2csc3c(NC(=O)NCCCN(C)C)cnc(N)c23)ccc1NC(=O)c1cc2ccccc2n1C. The number of carbonyl (C=O) groups is 2. The summed E-state index contributed by atoms with van der Waals surface area (Å²) < 4.78 is 8.35. The summed E-state index contributed by atoms with van der Waals surface area (Å²) in [5.74, 6) is 0.632. The highest BCUT2D eigenvalue weighted by molar-refractivity contribution is 7.18. The molecule has 0 unspecified atom stereocenters. The summed E-state index contributed by atoms with van der Waals surface area (Å²) in [7, 11) is 7.43. The van der Waals surface area contributed by atoms with Gasteiger partial charge in [0, 0.05) is 40.8 Å². The first kappa shape index (κ1) is 27.9. The average molecular weight is 572 g/mol. The lowest BCUT2D eigenvalue weighted by Gasteiger charge is -2.13. The molecule has 2 aromatic carbocycles. The van der Waals surface area contributed by atoms with Gasteiger partial charge in [0.25, 0.3) is 5.91 Å². The van der Waals surface area contributed by atoms with Crippen molar-refractivity contribution in [2.24, 2.45) is 7.05 Å². The van der Waals surface area contributed by atoms with Crippen LogP contribution in [0.5, 0.6) is 5.75 Å². The molecule has 212 valence electrons. The van der Waals surface area contributed by atoms with E-state index in [-0.39, 0.29) is 11.9 Å². The Morgan fingerprint density at radius 1 is 1.10 bits per heavy atom. The second-order valence-corrected chi connectivity index (χ2v) is 10.8. The predicted octanol–water partition coefficient (Wildman–Crippen LogP) is 5.37. The third-order valence-corrected chi connectivity index (χ3v) is 7.90. The maximum atomic E-state index is 13.2. The summed E-state index contributed by atoms with van der Waals surface area (Å²) in [6, 6.07) is 15.0. The minimum atomic E-state index is -0.292. The molecule has 0 spiro atoms. The third kappa shape index (κ3) is 5.81. The molecular weight excluding hydrogens is 538 g/mol. The Labute approximate surface area is 242 Å². The molecule has 0 aliphatic heterocycles. The van der Waals surface area contributed by atoms with Gasteiger partial charge in [-0.3, -0.25) is 4.79 Å². The van der Waals surface area contributed by atoms with E-state index in [4.69, 9.17) is 10.5 Å². The molecule has 11 heteroatoms. The van der Waals surface area contributed by atoms with E-state index in [0.717, 1.165) is 45.1 Å². The molecule has 0 atom stereocenters. The zero-order valence-corrected chi connectivity index (χ0v) is 24.3. The second kappa shape index (κ2) is 11.9. The van der Waals surface area contributed by atoms with Crippen molar-refractivity contribution in [3.8, 4) is 16.9 Å². The minimum absolute atomic E-state index is 0.236. The molecule has 3 heterocycles. The van der Waals surface area contributed by atoms with E-state index < -0.39 is 0 Å². The third-order valence-electron chi connectivity index (χ3n) is 6.89. The molecule has 0 radical (unpaired) electrons. The van der Waals surface area contributed by atoms with Gasteiger partial charge in [-0.25, -0.2) is 9.78 Å². The molecule has 0 bridgehead atoms. The number of urea groups is 1. The number of pyridine rings is 1. The molecule has 3 amide bonds. The number of carbonyl (C=O) groups excluding carboxylic acids is 2. The number of para-hydroxylation sites is 1. The number of thiophene rings is 1. The highest BCUT2D eigenvalue weighted by atomic mass is 32.1. The van der Waals surface area contributed by atoms with E-state index in [1.54, 1.807) is 13.3 Å². The van der Waals surface area contributed by atoms with Gasteiger partial charge in [0.15, 0.2) is 0 Å². The number of benzene rings is 2. The van der Waals surface area contributed by atoms with E-state index in [9.17, 15) is 9.59 Å². The van der Waals surface area contributed by atoms with Crippen LogP contribution in [0.1, 0.15) is 16.9 Å². The normalized spacial score (nSPS) is 11.2. The van der Waals surface area contributed by atoms with Crippen LogP contribution in [0.25, 0.3) is 32.1 Å². The van der Waals surface area contributed by atoms with Crippen molar-refractivity contribution >= 4 is 61.5 Å². The molecule has 0 fully saturated rings. The van der Waals surface area contributed by atoms with Crippen LogP contribution < -0.4 is 26.4 Å². The number of methoxy groups -OCH3 is 1. The number of aromatic nitrogens is 2. The maximum Gasteiger partial charge on any atom is 0.319 e. The van der Waals surface area contributed by atoms with Crippen LogP contribution in [0.3, 0.4) is 0 Å². The average Bonchev–Trinajstić information content (AvgIpc) is 3.56. The molecule has 0 saturated heterocycles. The first-order valence-electron chi connectivity index (χ1n) is 13.2. The number of nitrogens with one attached hydrogen (secondary N) is 3. The topological polar surface area (TPSA) is 127 Å². The fraction of sp³-hybridized carbons (Fsp3) is 0.233. The molecule has 10 nitrogen and oxygen atoms in total. The van der Waals surface area contributed by atoms with E-state index in [0.29, 0.717) is 35.2 Å². The van der Waals surface area contributed by atoms with Crippen molar-refractivity contribution in [2.45, 2.75) is 6.42 Å². The first-order chi connectivity index (χ1) is 19.8. The Kier molecular flexibility index (Phi) is 8.09. The zero-order chi connectivity index (χ0) is 29.1. The summed E-state index contributed by atoms with van der Waals surface area (Å²) in [5, 5.41) is 12.5. The highest BCUT2D eigenvalue weighted by Crippen LogP contribution is 2.42. The number of nitrogens with zero attached hydrogens (tertiary/aromatic N) is 3. The number of fused-ring (bicyclic) bond motifs is 2. The van der Waals surface area contributed by atoms with Crippen LogP contribution in [0.15, 0.2) is 60.1 Å². The molecule has 0 saturated carbocycles. The summed E-state index contributed by atoms with van der Waals surface area (Å²) in [4.78, 5) is 32.1. The number of hydrogen-bond acceptors (Lipinski definition) is 7. The number of aryl methyl sites for hydroxylation is 1. The monoisotopic (exact) mass is 571 g/mol. The molecule has 5 N–H and O–H groups in total. The van der Waals surface area contributed by atoms with Crippen molar-refractivity contribution in [1.82, 2.24) is 19.8 Å². The van der Waals surface area contributed by atoms with Crippen molar-refractivity contribution in [1.29, 1.82) is 0 Å². The highest BCUT2D eigenvalue weighted by Gasteiger charge is 2.19. The van der Waals surface area contributed by atoms with E-state index in [2.05, 4.69) is 25.8 Å². The predicted molar refractivity (Wildman–Crippen MR) is 167 cm³/mol. The van der Waals surface area contributed by atoms with Gasteiger partial charge in [0.1, 0.15) is 17.3 Å². The lowest BCUT2D eigenvalue weighted by molar-refractivity contribution is 0.101. The van der Waals surface area contributed by atoms with Gasteiger partial charge in [-0.1, -0.05) is 24.3 Å². The number of anilines is 3. The number of nitrogens with two attached hydrogens (primary N) is 1. The summed E-state index contributed by atoms with van der Waals surface area (Å²) in [6.07, 6.45) is 2.42. The quantitative estimate of drug-likeness (QED) is 0.176. The number of nitrogen functional groups attached to an aromatic ring is 1. The Bertz CT molecular complexity index is 1740. The standard InChI is InChI=1S/C30H33N7O3S/c1-36(2)13-7-12-32-30(39)35-22-16-33-28(31)26-20(17-41-27(22)26)18-10-11-21(25(15-18)40-4)34-29(38)24-14-19-8-5-6-9-23(19)37(24)3/h5-6,8-11,14-17H,7,12-13H2,1-4H3,(H2,31,33)(H,34,38)(H2,32,35,39). The van der Waals surface area contributed by atoms with E-state index in [1.165, 1.54) is 11.3 Å². The van der Waals surface area contributed by atoms with Crippen LogP contribution in [-0.4, -0.2) is 60.7 Å². The van der Waals surface area contributed by atoms with Crippen molar-refractivity contribution in [3.63, 3.8) is 0 Å². The molecule has 3 aromatic heterocycles. The van der Waals surface area contributed by atoms with Gasteiger partial charge in [0.05, 0.1) is 29.4 Å². The van der Waals surface area contributed by atoms with Gasteiger partial charge >= 0.3 is 6.03 Å². The fourth-order valence-electron chi connectivity index (χ4n) is 4.79. The lowest BCUT2D eigenvalue weighted by Crippen LogP contribution is -2.31. The Balaban J connectivity index is 1.38. The molecule has 0 aliphatic carbocycles. The Morgan fingerprint density at radius 2 is 1.90 bits per heavy atom. The molecule has 5 aromatic rings. The summed E-state index contributed by atoms with van der Waals surface area (Å²) in [6.45, 7) is 1.45. The second-order valence-electron chi connectivity index (χ2n) is 9.96. The van der Waals surface area contributed by atoms with Crippen LogP contribution in [0.2, 0.25) is 0 Å². The van der Waals surface area contributed by atoms with Crippen LogP contribution >= 0.6 is 11.3 Å². The number of ether oxygens (including phenoxy) is 1. The number of hydrogen-bond donors (Lipinski definition) is 4. The molecule has 41 heavy (non-hydrogen) atoms. The van der Waals surface area contributed by atoms with E-state index in [1.807, 2.05) is 79.6 Å². The largest absolute Gasteiger partial charge is 0.495 e. The zero-order valence-electron chi connectivity index (χ0n) is 23.4. The van der Waals surface area contributed by atoms with Crippen molar-refractivity contribution in [2.75, 3.05) is 50.7 Å². The molecule has 5 rings (SSSR count). The maximum absolute atomic E-state index is 13.2. The Hall–Kier alpha value is -4.61. The van der Waals surface area contributed by atoms with Crippen molar-refractivity contribution in [3.05, 3.63) is 65.8 Å². The number of amides is 3. The van der Waals surface area contributed by atoms with Crippen LogP contribution in [-0.2, 0) is 7.05 Å². The Morgan fingerprint density at radius 3 is 2.66 bits per heavy atom. The minimum Gasteiger partial charge on any atom is -0.495 e. The first-order valence-corrected chi connectivity index (χ1v) is 14.0. The number of rotatable bonds is 9. The van der Waals surface area contributed by atoms with Gasteiger partial charge in [-0.2, -0.15) is 0 Å². The van der Waals surface area contributed by atoms with Gasteiger partial charge < -0.3 is 35.9 Å². The van der Waals surface area contributed by atoms with Crippen LogP contribution in [0.4, 0.5) is 22.0 Å². The molecular formula is C30H33N7O3S. The van der Waals surface area contributed by atoms with E-state index >= 15 is 0 Å². The summed E-state index contributed by atoms with van der Waals surface area (Å²) in [5.41, 5.74) is 10.7. The smallest absolute Gasteiger partial charge is 0.319 e. The summed E-state index contributed by atoms with van der Waals surface area (Å²) >= 11 is 1.47. The fourth-order valence-corrected chi connectivity index (χ4v) is 5.84. The van der Waals surface area contributed by atoms with Gasteiger partial charge in [0.2, 0.25) is 0 Å². The molecule has 0 aliphatic rings.